The van der Waals surface area contributed by atoms with Crippen LogP contribution in [0.5, 0.6) is 17.2 Å². The zero-order chi connectivity index (χ0) is 21.1. The van der Waals surface area contributed by atoms with Crippen LogP contribution in [0.25, 0.3) is 0 Å². The van der Waals surface area contributed by atoms with E-state index in [1.807, 2.05) is 12.1 Å². The first-order valence-corrected chi connectivity index (χ1v) is 11.9. The smallest absolute Gasteiger partial charge is 0.870 e. The van der Waals surface area contributed by atoms with Gasteiger partial charge in [0.1, 0.15) is 16.4 Å². The van der Waals surface area contributed by atoms with Crippen LogP contribution in [-0.2, 0) is 16.5 Å². The minimum absolute atomic E-state index is 0. The summed E-state index contributed by atoms with van der Waals surface area (Å²) in [7, 11) is -4.54. The third kappa shape index (κ3) is 9.81. The van der Waals surface area contributed by atoms with Crippen molar-refractivity contribution in [3.05, 3.63) is 48.0 Å². The van der Waals surface area contributed by atoms with Crippen LogP contribution in [0.3, 0.4) is 0 Å². The molecule has 2 aromatic rings. The molecule has 0 aliphatic heterocycles. The maximum absolute atomic E-state index is 12.0. The first-order valence-electron chi connectivity index (χ1n) is 10.5. The number of hydrogen-bond donors (Lipinski definition) is 1. The zero-order valence-electron chi connectivity index (χ0n) is 18.1. The van der Waals surface area contributed by atoms with Gasteiger partial charge in [-0.1, -0.05) is 88.3 Å². The van der Waals surface area contributed by atoms with E-state index >= 15 is 0 Å². The maximum Gasteiger partial charge on any atom is 1.00 e. The predicted molar refractivity (Wildman–Crippen MR) is 113 cm³/mol. The van der Waals surface area contributed by atoms with Gasteiger partial charge in [0.2, 0.25) is 0 Å². The topological polar surface area (TPSA) is 86.7 Å². The molecule has 0 saturated carbocycles. The fraction of sp³-hybridized carbons (Fsp3) is 0.478. The molecule has 0 amide bonds. The van der Waals surface area contributed by atoms with Gasteiger partial charge >= 0.3 is 51.4 Å². The summed E-state index contributed by atoms with van der Waals surface area (Å²) in [5.74, 6) is -0.630. The van der Waals surface area contributed by atoms with Gasteiger partial charge in [0.15, 0.2) is 0 Å². The predicted octanol–water partition coefficient (Wildman–Crippen LogP) is 2.88. The Morgan fingerprint density at radius 1 is 0.867 bits per heavy atom. The van der Waals surface area contributed by atoms with Crippen molar-refractivity contribution in [2.75, 3.05) is 0 Å². The molecule has 0 aliphatic rings. The Morgan fingerprint density at radius 3 is 2.00 bits per heavy atom. The van der Waals surface area contributed by atoms with Crippen molar-refractivity contribution < 1.29 is 74.2 Å². The number of aryl methyl sites for hydroxylation is 1. The van der Waals surface area contributed by atoms with E-state index in [2.05, 4.69) is 6.92 Å². The largest absolute Gasteiger partial charge is 1.00 e. The number of hydrogen-bond acceptors (Lipinski definition) is 4. The summed E-state index contributed by atoms with van der Waals surface area (Å²) < 4.78 is 37.6. The van der Waals surface area contributed by atoms with Crippen LogP contribution < -0.4 is 61.2 Å². The summed E-state index contributed by atoms with van der Waals surface area (Å²) in [6.07, 6.45) is 12.6. The first-order chi connectivity index (χ1) is 13.9. The van der Waals surface area contributed by atoms with Gasteiger partial charge in [-0.05, 0) is 36.6 Å². The molecule has 30 heavy (non-hydrogen) atoms. The van der Waals surface area contributed by atoms with E-state index in [4.69, 9.17) is 4.74 Å². The van der Waals surface area contributed by atoms with Crippen molar-refractivity contribution in [1.82, 2.24) is 0 Å². The summed E-state index contributed by atoms with van der Waals surface area (Å²) in [6, 6.07) is 10.9. The van der Waals surface area contributed by atoms with Crippen molar-refractivity contribution in [3.63, 3.8) is 0 Å². The zero-order valence-corrected chi connectivity index (χ0v) is 22.0. The summed E-state index contributed by atoms with van der Waals surface area (Å²) in [4.78, 5) is -0.524. The SMILES string of the molecule is CCCCCCCCCCCc1ccc(Oc2c([O-])cccc2S(=O)(=O)O)cc1.[K+]. The summed E-state index contributed by atoms with van der Waals surface area (Å²) in [5, 5.41) is 12.0. The van der Waals surface area contributed by atoms with Crippen LogP contribution in [0, 0.1) is 0 Å². The molecular weight excluding hydrogens is 427 g/mol. The van der Waals surface area contributed by atoms with Crippen LogP contribution in [0.4, 0.5) is 0 Å². The molecule has 0 heterocycles. The molecule has 0 aromatic heterocycles. The Kier molecular flexibility index (Phi) is 13.5. The maximum atomic E-state index is 12.0. The third-order valence-corrected chi connectivity index (χ3v) is 5.81. The van der Waals surface area contributed by atoms with Gasteiger partial charge in [0.05, 0.1) is 0 Å². The molecule has 5 nitrogen and oxygen atoms in total. The van der Waals surface area contributed by atoms with Gasteiger partial charge in [-0.3, -0.25) is 4.55 Å². The van der Waals surface area contributed by atoms with Crippen molar-refractivity contribution >= 4 is 10.1 Å². The molecule has 0 saturated heterocycles. The van der Waals surface area contributed by atoms with Crippen LogP contribution in [0.2, 0.25) is 0 Å². The van der Waals surface area contributed by atoms with Gasteiger partial charge in [-0.25, -0.2) is 0 Å². The molecule has 0 spiro atoms. The van der Waals surface area contributed by atoms with Crippen molar-refractivity contribution in [3.8, 4) is 17.2 Å². The molecule has 2 rings (SSSR count). The van der Waals surface area contributed by atoms with E-state index in [0.29, 0.717) is 5.75 Å². The van der Waals surface area contributed by atoms with E-state index in [0.717, 1.165) is 18.9 Å². The van der Waals surface area contributed by atoms with E-state index < -0.39 is 20.8 Å². The van der Waals surface area contributed by atoms with E-state index in [1.165, 1.54) is 69.1 Å². The molecule has 0 atom stereocenters. The van der Waals surface area contributed by atoms with Crippen LogP contribution in [-0.4, -0.2) is 13.0 Å². The quantitative estimate of drug-likeness (QED) is 0.283. The Morgan fingerprint density at radius 2 is 1.43 bits per heavy atom. The molecule has 0 fully saturated rings. The molecule has 2 aromatic carbocycles. The van der Waals surface area contributed by atoms with E-state index in [1.54, 1.807) is 12.1 Å². The number of ether oxygens (including phenoxy) is 1. The molecule has 0 bridgehead atoms. The number of unbranched alkanes of at least 4 members (excludes halogenated alkanes) is 8. The fourth-order valence-electron chi connectivity index (χ4n) is 3.28. The molecule has 1 N–H and O–H groups in total. The van der Waals surface area contributed by atoms with Gasteiger partial charge in [-0.2, -0.15) is 8.42 Å². The minimum Gasteiger partial charge on any atom is -0.870 e. The minimum atomic E-state index is -4.54. The molecule has 0 radical (unpaired) electrons. The van der Waals surface area contributed by atoms with Gasteiger partial charge < -0.3 is 9.84 Å². The normalized spacial score (nSPS) is 11.1. The average Bonchev–Trinajstić information content (AvgIpc) is 2.68. The number of rotatable bonds is 13. The van der Waals surface area contributed by atoms with Crippen molar-refractivity contribution in [2.45, 2.75) is 76.0 Å². The number of benzene rings is 2. The second kappa shape index (κ2) is 14.6. The van der Waals surface area contributed by atoms with Crippen LogP contribution in [0.15, 0.2) is 47.4 Å². The van der Waals surface area contributed by atoms with Crippen molar-refractivity contribution in [2.24, 2.45) is 0 Å². The standard InChI is InChI=1S/C23H32O5S.K/c1-2-3-4-5-6-7-8-9-10-12-19-15-17-20(18-16-19)28-23-21(24)13-11-14-22(23)29(25,26)27;/h11,13-18,24H,2-10,12H2,1H3,(H,25,26,27);/q;+1/p-1. The first kappa shape index (κ1) is 27.6. The van der Waals surface area contributed by atoms with Crippen LogP contribution in [0.1, 0.15) is 70.3 Å². The Hall–Kier alpha value is -0.414. The van der Waals surface area contributed by atoms with Gasteiger partial charge in [0, 0.05) is 0 Å². The summed E-state index contributed by atoms with van der Waals surface area (Å²) >= 11 is 0. The molecular formula is C23H31KO5S. The van der Waals surface area contributed by atoms with Gasteiger partial charge in [-0.15, -0.1) is 0 Å². The molecule has 0 unspecified atom stereocenters. The molecule has 0 aliphatic carbocycles. The Bertz CT molecular complexity index is 850. The third-order valence-electron chi connectivity index (χ3n) is 4.93. The molecule has 7 heteroatoms. The average molecular weight is 459 g/mol. The van der Waals surface area contributed by atoms with Crippen molar-refractivity contribution in [1.29, 1.82) is 0 Å². The summed E-state index contributed by atoms with van der Waals surface area (Å²) in [5.41, 5.74) is 1.17. The van der Waals surface area contributed by atoms with Crippen LogP contribution >= 0.6 is 0 Å². The molecule has 160 valence electrons. The Balaban J connectivity index is 0.00000450. The number of para-hydroxylation sites is 1. The second-order valence-electron chi connectivity index (χ2n) is 7.38. The summed E-state index contributed by atoms with van der Waals surface area (Å²) in [6.45, 7) is 2.23. The fourth-order valence-corrected chi connectivity index (χ4v) is 3.91. The Labute approximate surface area is 223 Å². The van der Waals surface area contributed by atoms with Gasteiger partial charge in [0.25, 0.3) is 10.1 Å². The van der Waals surface area contributed by atoms with E-state index in [-0.39, 0.29) is 57.1 Å². The second-order valence-corrected chi connectivity index (χ2v) is 8.77. The van der Waals surface area contributed by atoms with E-state index in [9.17, 15) is 18.1 Å². The monoisotopic (exact) mass is 458 g/mol.